The zero-order chi connectivity index (χ0) is 25.3. The quantitative estimate of drug-likeness (QED) is 0.363. The van der Waals surface area contributed by atoms with E-state index in [0.29, 0.717) is 18.1 Å². The molecule has 2 aromatic carbocycles. The van der Waals surface area contributed by atoms with Crippen LogP contribution in [0.1, 0.15) is 59.8 Å². The number of piperidine rings is 2. The summed E-state index contributed by atoms with van der Waals surface area (Å²) in [7, 11) is -3.96. The minimum absolute atomic E-state index is 0.00517. The lowest BCUT2D eigenvalue weighted by atomic mass is 9.84. The molecule has 2 nitrogen and oxygen atoms in total. The van der Waals surface area contributed by atoms with Crippen LogP contribution in [0.25, 0.3) is 0 Å². The summed E-state index contributed by atoms with van der Waals surface area (Å²) in [5, 5.41) is 2.76. The molecule has 2 saturated heterocycles. The second-order valence-corrected chi connectivity index (χ2v) is 21.7. The third-order valence-electron chi connectivity index (χ3n) is 7.95. The van der Waals surface area contributed by atoms with Crippen molar-refractivity contribution >= 4 is 26.8 Å². The topological polar surface area (TPSA) is 12.5 Å². The van der Waals surface area contributed by atoms with Crippen LogP contribution in [0.3, 0.4) is 0 Å². The number of hydrogen-bond donors (Lipinski definition) is 0. The van der Waals surface area contributed by atoms with Crippen LogP contribution in [0, 0.1) is 11.5 Å². The SMILES string of the molecule is C[C@H]1[C@H](O[Si](c2ccccc2)(c2ccccc2)C(C)(C)C)CC[C@H]2CCC[C@H](C#C[Si](C)(C)C)N21. The van der Waals surface area contributed by atoms with Gasteiger partial charge in [-0.2, -0.15) is 0 Å². The third kappa shape index (κ3) is 5.54. The summed E-state index contributed by atoms with van der Waals surface area (Å²) >= 11 is 0. The number of hydrogen-bond acceptors (Lipinski definition) is 2. The summed E-state index contributed by atoms with van der Waals surface area (Å²) in [4.78, 5) is 2.77. The van der Waals surface area contributed by atoms with Gasteiger partial charge in [0.1, 0.15) is 8.07 Å². The van der Waals surface area contributed by atoms with E-state index in [-0.39, 0.29) is 11.1 Å². The van der Waals surface area contributed by atoms with Crippen LogP contribution in [0.4, 0.5) is 0 Å². The fourth-order valence-corrected chi connectivity index (χ4v) is 11.7. The van der Waals surface area contributed by atoms with Crippen molar-refractivity contribution in [2.24, 2.45) is 0 Å². The van der Waals surface area contributed by atoms with Gasteiger partial charge in [0, 0.05) is 12.1 Å². The van der Waals surface area contributed by atoms with Crippen LogP contribution in [-0.4, -0.2) is 45.5 Å². The second-order valence-electron chi connectivity index (χ2n) is 12.7. The molecule has 0 bridgehead atoms. The van der Waals surface area contributed by atoms with Gasteiger partial charge in [-0.1, -0.05) is 107 Å². The van der Waals surface area contributed by atoms with Gasteiger partial charge in [-0.05, 0) is 54.4 Å². The van der Waals surface area contributed by atoms with E-state index in [2.05, 4.69) is 124 Å². The molecule has 0 saturated carbocycles. The van der Waals surface area contributed by atoms with Gasteiger partial charge >= 0.3 is 0 Å². The van der Waals surface area contributed by atoms with Crippen molar-refractivity contribution in [1.29, 1.82) is 0 Å². The largest absolute Gasteiger partial charge is 0.403 e. The third-order valence-corrected chi connectivity index (χ3v) is 13.9. The molecule has 0 unspecified atom stereocenters. The minimum Gasteiger partial charge on any atom is -0.403 e. The smallest absolute Gasteiger partial charge is 0.261 e. The highest BCUT2D eigenvalue weighted by Crippen LogP contribution is 2.41. The lowest BCUT2D eigenvalue weighted by molar-refractivity contribution is -0.0370. The molecule has 4 atom stereocenters. The molecule has 0 aromatic heterocycles. The van der Waals surface area contributed by atoms with Gasteiger partial charge in [-0.15, -0.1) is 5.54 Å². The zero-order valence-electron chi connectivity index (χ0n) is 23.0. The standard InChI is InChI=1S/C31H45NOSi2/c1-25-30(22-21-26-15-14-16-27(32(25)26)23-24-34(5,6)7)33-35(31(2,3)4,28-17-10-8-11-18-28)29-19-12-9-13-20-29/h8-13,17-20,25-27,30H,14-16,21-22H2,1-7H3/t25-,26+,27+,30+/m0/s1. The van der Waals surface area contributed by atoms with Gasteiger partial charge in [0.15, 0.2) is 0 Å². The van der Waals surface area contributed by atoms with Crippen LogP contribution in [0.5, 0.6) is 0 Å². The molecule has 0 radical (unpaired) electrons. The highest BCUT2D eigenvalue weighted by molar-refractivity contribution is 6.99. The molecule has 188 valence electrons. The lowest BCUT2D eigenvalue weighted by Gasteiger charge is -2.53. The van der Waals surface area contributed by atoms with E-state index >= 15 is 0 Å². The maximum atomic E-state index is 7.63. The van der Waals surface area contributed by atoms with Crippen LogP contribution < -0.4 is 10.4 Å². The Morgan fingerprint density at radius 1 is 0.829 bits per heavy atom. The van der Waals surface area contributed by atoms with E-state index in [4.69, 9.17) is 4.43 Å². The number of fused-ring (bicyclic) bond motifs is 1. The predicted molar refractivity (Wildman–Crippen MR) is 156 cm³/mol. The Bertz CT molecular complexity index is 989. The van der Waals surface area contributed by atoms with E-state index in [1.807, 2.05) is 0 Å². The molecule has 4 rings (SSSR count). The molecule has 0 aliphatic carbocycles. The van der Waals surface area contributed by atoms with Crippen LogP contribution in [-0.2, 0) is 4.43 Å². The van der Waals surface area contributed by atoms with Crippen molar-refractivity contribution in [3.8, 4) is 11.5 Å². The molecule has 2 fully saturated rings. The first kappa shape index (κ1) is 26.4. The minimum atomic E-state index is -2.56. The number of rotatable bonds is 4. The molecule has 0 amide bonds. The molecule has 2 aliphatic heterocycles. The molecule has 2 heterocycles. The molecule has 0 spiro atoms. The molecule has 2 aromatic rings. The first-order valence-electron chi connectivity index (χ1n) is 13.6. The van der Waals surface area contributed by atoms with Crippen LogP contribution in [0.15, 0.2) is 60.7 Å². The van der Waals surface area contributed by atoms with Gasteiger partial charge in [-0.3, -0.25) is 4.90 Å². The normalized spacial score (nSPS) is 25.9. The Morgan fingerprint density at radius 3 is 1.91 bits per heavy atom. The van der Waals surface area contributed by atoms with Gasteiger partial charge in [-0.25, -0.2) is 0 Å². The van der Waals surface area contributed by atoms with E-state index in [9.17, 15) is 0 Å². The van der Waals surface area contributed by atoms with E-state index < -0.39 is 16.4 Å². The summed E-state index contributed by atoms with van der Waals surface area (Å²) in [5.74, 6) is 3.76. The zero-order valence-corrected chi connectivity index (χ0v) is 25.0. The summed E-state index contributed by atoms with van der Waals surface area (Å²) in [6.07, 6.45) is 6.39. The fraction of sp³-hybridized carbons (Fsp3) is 0.548. The van der Waals surface area contributed by atoms with Crippen LogP contribution >= 0.6 is 0 Å². The Labute approximate surface area is 216 Å². The van der Waals surface area contributed by atoms with Crippen LogP contribution in [0.2, 0.25) is 24.7 Å². The first-order chi connectivity index (χ1) is 16.5. The van der Waals surface area contributed by atoms with Crippen molar-refractivity contribution in [2.75, 3.05) is 0 Å². The van der Waals surface area contributed by atoms with Gasteiger partial charge < -0.3 is 4.43 Å². The number of nitrogens with zero attached hydrogens (tertiary/aromatic N) is 1. The van der Waals surface area contributed by atoms with Crippen molar-refractivity contribution in [1.82, 2.24) is 4.90 Å². The summed E-state index contributed by atoms with van der Waals surface area (Å²) in [5.41, 5.74) is 3.70. The van der Waals surface area contributed by atoms with Crippen molar-refractivity contribution in [3.63, 3.8) is 0 Å². The number of benzene rings is 2. The average Bonchev–Trinajstić information content (AvgIpc) is 2.82. The van der Waals surface area contributed by atoms with Gasteiger partial charge in [0.2, 0.25) is 0 Å². The maximum absolute atomic E-state index is 7.63. The Hall–Kier alpha value is -1.65. The molecular weight excluding hydrogens is 459 g/mol. The molecule has 35 heavy (non-hydrogen) atoms. The monoisotopic (exact) mass is 503 g/mol. The molecule has 2 aliphatic rings. The van der Waals surface area contributed by atoms with E-state index in [1.165, 1.54) is 36.1 Å². The average molecular weight is 504 g/mol. The maximum Gasteiger partial charge on any atom is 0.261 e. The second kappa shape index (κ2) is 10.4. The lowest BCUT2D eigenvalue weighted by Crippen LogP contribution is -2.70. The molecule has 4 heteroatoms. The van der Waals surface area contributed by atoms with E-state index in [0.717, 1.165) is 6.42 Å². The fourth-order valence-electron chi connectivity index (χ4n) is 6.32. The van der Waals surface area contributed by atoms with Crippen molar-refractivity contribution in [2.45, 2.75) is 109 Å². The Kier molecular flexibility index (Phi) is 7.83. The Balaban J connectivity index is 1.74. The predicted octanol–water partition coefficient (Wildman–Crippen LogP) is 6.22. The van der Waals surface area contributed by atoms with Crippen molar-refractivity contribution in [3.05, 3.63) is 60.7 Å². The summed E-state index contributed by atoms with van der Waals surface area (Å²) in [6, 6.07) is 23.6. The van der Waals surface area contributed by atoms with Crippen molar-refractivity contribution < 1.29 is 4.43 Å². The van der Waals surface area contributed by atoms with Gasteiger partial charge in [0.05, 0.1) is 12.1 Å². The highest BCUT2D eigenvalue weighted by atomic mass is 28.4. The van der Waals surface area contributed by atoms with E-state index in [1.54, 1.807) is 0 Å². The first-order valence-corrected chi connectivity index (χ1v) is 19.0. The summed E-state index contributed by atoms with van der Waals surface area (Å²) < 4.78 is 7.63. The van der Waals surface area contributed by atoms with Gasteiger partial charge in [0.25, 0.3) is 8.32 Å². The molecule has 0 N–H and O–H groups in total. The summed E-state index contributed by atoms with van der Waals surface area (Å²) in [6.45, 7) is 16.7. The molecular formula is C31H45NOSi2. The Morgan fingerprint density at radius 2 is 1.40 bits per heavy atom. The highest BCUT2D eigenvalue weighted by Gasteiger charge is 2.53.